The van der Waals surface area contributed by atoms with E-state index in [2.05, 4.69) is 0 Å². The molecule has 0 radical (unpaired) electrons. The Morgan fingerprint density at radius 2 is 1.61 bits per heavy atom. The van der Waals surface area contributed by atoms with Crippen LogP contribution in [0.15, 0.2) is 42.5 Å². The van der Waals surface area contributed by atoms with Gasteiger partial charge in [0.15, 0.2) is 11.5 Å². The molecule has 2 rings (SSSR count). The number of rotatable bonds is 5. The van der Waals surface area contributed by atoms with E-state index >= 15 is 0 Å². The molecular formula is C18H17NO4. The van der Waals surface area contributed by atoms with Crippen LogP contribution in [-0.2, 0) is 0 Å². The van der Waals surface area contributed by atoms with Crippen LogP contribution in [0.5, 0.6) is 23.0 Å². The van der Waals surface area contributed by atoms with Crippen LogP contribution in [0.4, 0.5) is 0 Å². The molecule has 0 amide bonds. The van der Waals surface area contributed by atoms with Crippen LogP contribution in [0.1, 0.15) is 11.1 Å². The summed E-state index contributed by atoms with van der Waals surface area (Å²) in [5.41, 5.74) is 2.16. The number of allylic oxidation sites excluding steroid dienone is 1. The van der Waals surface area contributed by atoms with Gasteiger partial charge in [0.25, 0.3) is 0 Å². The van der Waals surface area contributed by atoms with Crippen molar-refractivity contribution in [2.45, 2.75) is 0 Å². The van der Waals surface area contributed by atoms with Crippen molar-refractivity contribution in [1.29, 1.82) is 5.26 Å². The second kappa shape index (κ2) is 7.23. The first-order valence-corrected chi connectivity index (χ1v) is 6.83. The second-order valence-electron chi connectivity index (χ2n) is 4.68. The predicted molar refractivity (Wildman–Crippen MR) is 86.9 cm³/mol. The molecule has 5 nitrogen and oxygen atoms in total. The third kappa shape index (κ3) is 3.55. The van der Waals surface area contributed by atoms with Crippen LogP contribution in [0.25, 0.3) is 5.57 Å². The Morgan fingerprint density at radius 1 is 0.957 bits per heavy atom. The zero-order valence-corrected chi connectivity index (χ0v) is 13.2. The van der Waals surface area contributed by atoms with E-state index in [0.717, 1.165) is 11.1 Å². The van der Waals surface area contributed by atoms with E-state index in [9.17, 15) is 5.11 Å². The number of hydrogen-bond donors (Lipinski definition) is 1. The molecular weight excluding hydrogens is 294 g/mol. The van der Waals surface area contributed by atoms with Crippen molar-refractivity contribution >= 4 is 5.57 Å². The highest BCUT2D eigenvalue weighted by atomic mass is 16.5. The van der Waals surface area contributed by atoms with E-state index in [4.69, 9.17) is 19.5 Å². The molecule has 0 aliphatic heterocycles. The van der Waals surface area contributed by atoms with Gasteiger partial charge >= 0.3 is 0 Å². The summed E-state index contributed by atoms with van der Waals surface area (Å²) in [6.07, 6.45) is 1.43. The standard InChI is InChI=1S/C18H17NO4/c1-21-14-8-13(9-15(11-14)22-2)16(6-7-19)12-4-5-17(20)18(10-12)23-3/h4-6,8-11,20H,1-3H3. The van der Waals surface area contributed by atoms with Gasteiger partial charge in [0, 0.05) is 12.1 Å². The lowest BCUT2D eigenvalue weighted by atomic mass is 9.97. The van der Waals surface area contributed by atoms with Crippen LogP contribution in [0.2, 0.25) is 0 Å². The molecule has 5 heteroatoms. The molecule has 0 atom stereocenters. The fourth-order valence-electron chi connectivity index (χ4n) is 2.21. The maximum atomic E-state index is 9.73. The first-order valence-electron chi connectivity index (χ1n) is 6.83. The van der Waals surface area contributed by atoms with Crippen molar-refractivity contribution in [2.24, 2.45) is 0 Å². The minimum Gasteiger partial charge on any atom is -0.504 e. The monoisotopic (exact) mass is 311 g/mol. The molecule has 1 N–H and O–H groups in total. The molecule has 0 aliphatic rings. The maximum Gasteiger partial charge on any atom is 0.161 e. The number of benzene rings is 2. The Hall–Kier alpha value is -3.13. The Bertz CT molecular complexity index is 753. The number of phenolic OH excluding ortho intramolecular Hbond substituents is 1. The molecule has 2 aromatic carbocycles. The van der Waals surface area contributed by atoms with E-state index in [1.807, 2.05) is 18.2 Å². The minimum atomic E-state index is 0.0378. The number of methoxy groups -OCH3 is 3. The van der Waals surface area contributed by atoms with E-state index in [-0.39, 0.29) is 5.75 Å². The van der Waals surface area contributed by atoms with Crippen molar-refractivity contribution in [3.8, 4) is 29.1 Å². The van der Waals surface area contributed by atoms with Gasteiger partial charge in [-0.15, -0.1) is 0 Å². The lowest BCUT2D eigenvalue weighted by molar-refractivity contribution is 0.373. The smallest absolute Gasteiger partial charge is 0.161 e. The van der Waals surface area contributed by atoms with Gasteiger partial charge in [-0.25, -0.2) is 0 Å². The van der Waals surface area contributed by atoms with Gasteiger partial charge in [-0.2, -0.15) is 5.26 Å². The second-order valence-corrected chi connectivity index (χ2v) is 4.68. The quantitative estimate of drug-likeness (QED) is 0.857. The highest BCUT2D eigenvalue weighted by Gasteiger charge is 2.12. The number of nitriles is 1. The van der Waals surface area contributed by atoms with E-state index < -0.39 is 0 Å². The van der Waals surface area contributed by atoms with Crippen molar-refractivity contribution in [2.75, 3.05) is 21.3 Å². The number of aromatic hydroxyl groups is 1. The average Bonchev–Trinajstić information content (AvgIpc) is 2.59. The maximum absolute atomic E-state index is 9.73. The van der Waals surface area contributed by atoms with Gasteiger partial charge in [-0.3, -0.25) is 0 Å². The minimum absolute atomic E-state index is 0.0378. The molecule has 0 bridgehead atoms. The molecule has 0 aliphatic carbocycles. The molecule has 0 fully saturated rings. The van der Waals surface area contributed by atoms with Crippen LogP contribution < -0.4 is 14.2 Å². The molecule has 2 aromatic rings. The number of nitrogens with zero attached hydrogens (tertiary/aromatic N) is 1. The van der Waals surface area contributed by atoms with Gasteiger partial charge in [-0.05, 0) is 41.0 Å². The van der Waals surface area contributed by atoms with Crippen molar-refractivity contribution in [1.82, 2.24) is 0 Å². The fourth-order valence-corrected chi connectivity index (χ4v) is 2.21. The van der Waals surface area contributed by atoms with Gasteiger partial charge in [0.2, 0.25) is 0 Å². The van der Waals surface area contributed by atoms with Crippen LogP contribution in [-0.4, -0.2) is 26.4 Å². The van der Waals surface area contributed by atoms with E-state index in [1.54, 1.807) is 32.4 Å². The van der Waals surface area contributed by atoms with Gasteiger partial charge in [0.05, 0.1) is 27.4 Å². The SMILES string of the molecule is COc1cc(OC)cc(C(=CC#N)c2ccc(O)c(OC)c2)c1. The highest BCUT2D eigenvalue weighted by Crippen LogP contribution is 2.34. The first-order chi connectivity index (χ1) is 11.1. The zero-order chi connectivity index (χ0) is 16.8. The number of phenols is 1. The largest absolute Gasteiger partial charge is 0.504 e. The fraction of sp³-hybridized carbons (Fsp3) is 0.167. The molecule has 0 spiro atoms. The Balaban J connectivity index is 2.60. The van der Waals surface area contributed by atoms with Crippen molar-refractivity contribution in [3.05, 3.63) is 53.6 Å². The Morgan fingerprint density at radius 3 is 2.13 bits per heavy atom. The van der Waals surface area contributed by atoms with Crippen LogP contribution >= 0.6 is 0 Å². The molecule has 0 aromatic heterocycles. The highest BCUT2D eigenvalue weighted by molar-refractivity contribution is 5.83. The molecule has 0 saturated carbocycles. The van der Waals surface area contributed by atoms with E-state index in [0.29, 0.717) is 22.8 Å². The predicted octanol–water partition coefficient (Wildman–Crippen LogP) is 3.37. The lowest BCUT2D eigenvalue weighted by Gasteiger charge is -2.13. The molecule has 0 heterocycles. The Labute approximate surface area is 135 Å². The topological polar surface area (TPSA) is 71.7 Å². The average molecular weight is 311 g/mol. The summed E-state index contributed by atoms with van der Waals surface area (Å²) in [6, 6.07) is 12.3. The summed E-state index contributed by atoms with van der Waals surface area (Å²) in [6.45, 7) is 0. The first kappa shape index (κ1) is 16.2. The number of hydrogen-bond acceptors (Lipinski definition) is 5. The van der Waals surface area contributed by atoms with Gasteiger partial charge in [0.1, 0.15) is 11.5 Å². The Kier molecular flexibility index (Phi) is 5.11. The number of ether oxygens (including phenoxy) is 3. The third-order valence-corrected chi connectivity index (χ3v) is 3.36. The lowest BCUT2D eigenvalue weighted by Crippen LogP contribution is -1.94. The van der Waals surface area contributed by atoms with Crippen LogP contribution in [0, 0.1) is 11.3 Å². The summed E-state index contributed by atoms with van der Waals surface area (Å²) >= 11 is 0. The summed E-state index contributed by atoms with van der Waals surface area (Å²) in [5.74, 6) is 1.61. The van der Waals surface area contributed by atoms with E-state index in [1.165, 1.54) is 19.3 Å². The third-order valence-electron chi connectivity index (χ3n) is 3.36. The molecule has 118 valence electrons. The molecule has 23 heavy (non-hydrogen) atoms. The molecule has 0 saturated heterocycles. The normalized spacial score (nSPS) is 10.8. The summed E-state index contributed by atoms with van der Waals surface area (Å²) in [7, 11) is 4.60. The van der Waals surface area contributed by atoms with Gasteiger partial charge < -0.3 is 19.3 Å². The van der Waals surface area contributed by atoms with Gasteiger partial charge in [-0.1, -0.05) is 6.07 Å². The van der Waals surface area contributed by atoms with Crippen LogP contribution in [0.3, 0.4) is 0 Å². The summed E-state index contributed by atoms with van der Waals surface area (Å²) in [5, 5.41) is 18.9. The zero-order valence-electron chi connectivity index (χ0n) is 13.2. The van der Waals surface area contributed by atoms with Crippen molar-refractivity contribution < 1.29 is 19.3 Å². The molecule has 0 unspecified atom stereocenters. The van der Waals surface area contributed by atoms with Crippen molar-refractivity contribution in [3.63, 3.8) is 0 Å². The summed E-state index contributed by atoms with van der Waals surface area (Å²) < 4.78 is 15.7. The summed E-state index contributed by atoms with van der Waals surface area (Å²) in [4.78, 5) is 0.